The van der Waals surface area contributed by atoms with Gasteiger partial charge in [0.25, 0.3) is 0 Å². The van der Waals surface area contributed by atoms with Crippen molar-refractivity contribution in [3.8, 4) is 0 Å². The molecule has 1 heteroatoms. The van der Waals surface area contributed by atoms with Gasteiger partial charge in [-0.2, -0.15) is 0 Å². The van der Waals surface area contributed by atoms with E-state index in [4.69, 9.17) is 0 Å². The number of nitrogens with one attached hydrogen (secondary N) is 1. The highest BCUT2D eigenvalue weighted by atomic mass is 14.9. The molecule has 1 aliphatic rings. The van der Waals surface area contributed by atoms with Crippen LogP contribution in [-0.4, -0.2) is 13.1 Å². The third kappa shape index (κ3) is 2.82. The molecule has 0 spiro atoms. The number of fused-ring (bicyclic) bond motifs is 1. The van der Waals surface area contributed by atoms with Gasteiger partial charge in [-0.25, -0.2) is 0 Å². The predicted molar refractivity (Wildman–Crippen MR) is 65.0 cm³/mol. The van der Waals surface area contributed by atoms with Gasteiger partial charge < -0.3 is 5.32 Å². The van der Waals surface area contributed by atoms with Crippen molar-refractivity contribution in [2.24, 2.45) is 11.8 Å². The molecule has 0 amide bonds. The Kier molecular flexibility index (Phi) is 3.42. The van der Waals surface area contributed by atoms with Crippen LogP contribution in [0.5, 0.6) is 0 Å². The summed E-state index contributed by atoms with van der Waals surface area (Å²) in [7, 11) is 0. The van der Waals surface area contributed by atoms with Crippen LogP contribution in [0, 0.1) is 11.8 Å². The predicted octanol–water partition coefficient (Wildman–Crippen LogP) is 2.65. The molecule has 0 fully saturated rings. The molecule has 0 atom stereocenters. The van der Waals surface area contributed by atoms with Gasteiger partial charge in [0.15, 0.2) is 0 Å². The molecule has 1 nitrogen and oxygen atoms in total. The van der Waals surface area contributed by atoms with Crippen LogP contribution in [0.25, 0.3) is 0 Å². The van der Waals surface area contributed by atoms with E-state index in [0.717, 1.165) is 18.4 Å². The zero-order chi connectivity index (χ0) is 10.7. The Hall–Kier alpha value is -0.820. The van der Waals surface area contributed by atoms with Crippen LogP contribution in [-0.2, 0) is 12.8 Å². The number of benzene rings is 1. The van der Waals surface area contributed by atoms with Crippen molar-refractivity contribution in [1.82, 2.24) is 5.32 Å². The average molecular weight is 203 g/mol. The fourth-order valence-electron chi connectivity index (χ4n) is 2.37. The van der Waals surface area contributed by atoms with Gasteiger partial charge in [0.2, 0.25) is 0 Å². The van der Waals surface area contributed by atoms with Crippen LogP contribution in [0.3, 0.4) is 0 Å². The summed E-state index contributed by atoms with van der Waals surface area (Å²) >= 11 is 0. The zero-order valence-corrected chi connectivity index (χ0v) is 9.79. The van der Waals surface area contributed by atoms with E-state index in [9.17, 15) is 0 Å². The Bertz CT molecular complexity index is 292. The van der Waals surface area contributed by atoms with Crippen LogP contribution >= 0.6 is 0 Å². The lowest BCUT2D eigenvalue weighted by molar-refractivity contribution is 0.464. The summed E-state index contributed by atoms with van der Waals surface area (Å²) in [5, 5.41) is 3.56. The van der Waals surface area contributed by atoms with Gasteiger partial charge in [0, 0.05) is 0 Å². The highest BCUT2D eigenvalue weighted by molar-refractivity contribution is 5.32. The molecule has 1 aromatic carbocycles. The molecule has 15 heavy (non-hydrogen) atoms. The second kappa shape index (κ2) is 4.80. The summed E-state index contributed by atoms with van der Waals surface area (Å²) in [5.74, 6) is 1.58. The van der Waals surface area contributed by atoms with E-state index < -0.39 is 0 Å². The smallest absolute Gasteiger partial charge is 0.00140 e. The highest BCUT2D eigenvalue weighted by Gasteiger charge is 2.20. The van der Waals surface area contributed by atoms with Gasteiger partial charge in [0.1, 0.15) is 0 Å². The molecule has 0 saturated carbocycles. The summed E-state index contributed by atoms with van der Waals surface area (Å²) < 4.78 is 0. The molecule has 2 rings (SSSR count). The molecule has 1 N–H and O–H groups in total. The SMILES string of the molecule is CC(C)CNCC1Cc2ccccc2C1. The average Bonchev–Trinajstić information content (AvgIpc) is 2.59. The van der Waals surface area contributed by atoms with Gasteiger partial charge in [-0.05, 0) is 48.9 Å². The lowest BCUT2D eigenvalue weighted by atomic mass is 10.1. The monoisotopic (exact) mass is 203 g/mol. The maximum Gasteiger partial charge on any atom is -0.00140 e. The van der Waals surface area contributed by atoms with Crippen LogP contribution in [0.15, 0.2) is 24.3 Å². The van der Waals surface area contributed by atoms with E-state index in [-0.39, 0.29) is 0 Å². The first-order chi connectivity index (χ1) is 7.25. The molecule has 1 aliphatic carbocycles. The van der Waals surface area contributed by atoms with E-state index in [2.05, 4.69) is 43.4 Å². The van der Waals surface area contributed by atoms with E-state index >= 15 is 0 Å². The highest BCUT2D eigenvalue weighted by Crippen LogP contribution is 2.25. The Balaban J connectivity index is 1.80. The standard InChI is InChI=1S/C14H21N/c1-11(2)9-15-10-12-7-13-5-3-4-6-14(13)8-12/h3-6,11-12,15H,7-10H2,1-2H3. The van der Waals surface area contributed by atoms with Gasteiger partial charge in [-0.1, -0.05) is 38.1 Å². The minimum Gasteiger partial charge on any atom is -0.316 e. The van der Waals surface area contributed by atoms with Crippen molar-refractivity contribution in [1.29, 1.82) is 0 Å². The van der Waals surface area contributed by atoms with Crippen molar-refractivity contribution in [3.63, 3.8) is 0 Å². The van der Waals surface area contributed by atoms with Crippen LogP contribution in [0.1, 0.15) is 25.0 Å². The Morgan fingerprint density at radius 1 is 1.20 bits per heavy atom. The van der Waals surface area contributed by atoms with Gasteiger partial charge in [-0.15, -0.1) is 0 Å². The topological polar surface area (TPSA) is 12.0 Å². The largest absolute Gasteiger partial charge is 0.316 e. The van der Waals surface area contributed by atoms with Crippen molar-refractivity contribution >= 4 is 0 Å². The normalized spacial score (nSPS) is 15.9. The zero-order valence-electron chi connectivity index (χ0n) is 9.79. The lowest BCUT2D eigenvalue weighted by Gasteiger charge is -2.12. The summed E-state index contributed by atoms with van der Waals surface area (Å²) in [6, 6.07) is 8.86. The number of hydrogen-bond donors (Lipinski definition) is 1. The molecule has 0 bridgehead atoms. The quantitative estimate of drug-likeness (QED) is 0.793. The Labute approximate surface area is 92.9 Å². The van der Waals surface area contributed by atoms with Crippen LogP contribution in [0.4, 0.5) is 0 Å². The number of hydrogen-bond acceptors (Lipinski definition) is 1. The molecular weight excluding hydrogens is 182 g/mol. The summed E-state index contributed by atoms with van der Waals surface area (Å²) in [6.07, 6.45) is 2.53. The lowest BCUT2D eigenvalue weighted by Crippen LogP contribution is -2.26. The summed E-state index contributed by atoms with van der Waals surface area (Å²) in [6.45, 7) is 6.84. The molecule has 0 unspecified atom stereocenters. The summed E-state index contributed by atoms with van der Waals surface area (Å²) in [5.41, 5.74) is 3.13. The second-order valence-corrected chi connectivity index (χ2v) is 5.10. The van der Waals surface area contributed by atoms with E-state index in [1.54, 1.807) is 11.1 Å². The second-order valence-electron chi connectivity index (χ2n) is 5.10. The third-order valence-electron chi connectivity index (χ3n) is 3.12. The van der Waals surface area contributed by atoms with Crippen LogP contribution in [0.2, 0.25) is 0 Å². The molecule has 0 heterocycles. The molecule has 82 valence electrons. The van der Waals surface area contributed by atoms with Crippen molar-refractivity contribution in [2.75, 3.05) is 13.1 Å². The number of rotatable bonds is 4. The Morgan fingerprint density at radius 2 is 1.80 bits per heavy atom. The summed E-state index contributed by atoms with van der Waals surface area (Å²) in [4.78, 5) is 0. The van der Waals surface area contributed by atoms with E-state index in [1.807, 2.05) is 0 Å². The van der Waals surface area contributed by atoms with Crippen molar-refractivity contribution in [2.45, 2.75) is 26.7 Å². The maximum atomic E-state index is 3.56. The first kappa shape index (κ1) is 10.7. The molecular formula is C14H21N. The first-order valence-corrected chi connectivity index (χ1v) is 6.03. The van der Waals surface area contributed by atoms with Gasteiger partial charge in [-0.3, -0.25) is 0 Å². The van der Waals surface area contributed by atoms with E-state index in [0.29, 0.717) is 0 Å². The molecule has 0 radical (unpaired) electrons. The third-order valence-corrected chi connectivity index (χ3v) is 3.12. The maximum absolute atomic E-state index is 3.56. The molecule has 0 aromatic heterocycles. The minimum absolute atomic E-state index is 0.758. The van der Waals surface area contributed by atoms with Crippen molar-refractivity contribution in [3.05, 3.63) is 35.4 Å². The first-order valence-electron chi connectivity index (χ1n) is 6.03. The van der Waals surface area contributed by atoms with Gasteiger partial charge in [0.05, 0.1) is 0 Å². The molecule has 1 aromatic rings. The molecule has 0 saturated heterocycles. The Morgan fingerprint density at radius 3 is 2.33 bits per heavy atom. The van der Waals surface area contributed by atoms with Gasteiger partial charge >= 0.3 is 0 Å². The van der Waals surface area contributed by atoms with Crippen LogP contribution < -0.4 is 5.32 Å². The fourth-order valence-corrected chi connectivity index (χ4v) is 2.37. The molecule has 0 aliphatic heterocycles. The minimum atomic E-state index is 0.758. The van der Waals surface area contributed by atoms with Crippen molar-refractivity contribution < 1.29 is 0 Å². The van der Waals surface area contributed by atoms with E-state index in [1.165, 1.54) is 19.4 Å². The fraction of sp³-hybridized carbons (Fsp3) is 0.571.